The summed E-state index contributed by atoms with van der Waals surface area (Å²) in [6.07, 6.45) is 3.99. The van der Waals surface area contributed by atoms with Crippen molar-refractivity contribution in [1.29, 1.82) is 0 Å². The zero-order chi connectivity index (χ0) is 21.6. The molecule has 0 saturated carbocycles. The van der Waals surface area contributed by atoms with Gasteiger partial charge in [0.25, 0.3) is 0 Å². The van der Waals surface area contributed by atoms with Crippen molar-refractivity contribution in [3.63, 3.8) is 0 Å². The van der Waals surface area contributed by atoms with Crippen molar-refractivity contribution in [2.75, 3.05) is 0 Å². The monoisotopic (exact) mass is 466 g/mol. The maximum atomic E-state index is 12.5. The Bertz CT molecular complexity index is 1060. The molecule has 2 aromatic heterocycles. The molecule has 0 radical (unpaired) electrons. The van der Waals surface area contributed by atoms with Gasteiger partial charge in [-0.05, 0) is 30.5 Å². The van der Waals surface area contributed by atoms with Gasteiger partial charge < -0.3 is 9.50 Å². The minimum Gasteiger partial charge on any atom is -0.371 e. The number of nitrogens with zero attached hydrogens (tertiary/aromatic N) is 2. The number of carbonyl (C=O) groups is 1. The van der Waals surface area contributed by atoms with E-state index in [1.54, 1.807) is 18.3 Å². The number of thiazole rings is 2. The fourth-order valence-electron chi connectivity index (χ4n) is 2.76. The van der Waals surface area contributed by atoms with E-state index in [0.29, 0.717) is 19.3 Å². The Balaban J connectivity index is 1.70. The molecule has 2 heterocycles. The second-order valence-electron chi connectivity index (χ2n) is 6.50. The molecule has 1 atom stereocenters. The second kappa shape index (κ2) is 10.1. The standard InChI is InChI=1S/C19H22N4O4S3/c1-2-14-12-29-19(22-14)16(23-17(24)7-8-18-21-9-10-28-18)11-13-3-5-15(6-4-13)27-30(20,25)26/h3-6,9-10,12,16H,2,7-8,11H2,1H3,(H,23,24)(H2,20,25,26)/t16-/m0/s1. The molecule has 0 saturated heterocycles. The van der Waals surface area contributed by atoms with Crippen LogP contribution in [0.1, 0.15) is 40.7 Å². The molecule has 0 fully saturated rings. The molecule has 8 nitrogen and oxygen atoms in total. The van der Waals surface area contributed by atoms with E-state index in [1.807, 2.05) is 17.7 Å². The Labute approximate surface area is 183 Å². The highest BCUT2D eigenvalue weighted by molar-refractivity contribution is 7.84. The van der Waals surface area contributed by atoms with Crippen LogP contribution in [0.25, 0.3) is 0 Å². The maximum absolute atomic E-state index is 12.5. The minimum absolute atomic E-state index is 0.0716. The van der Waals surface area contributed by atoms with Crippen LogP contribution in [-0.2, 0) is 34.4 Å². The number of rotatable bonds is 10. The van der Waals surface area contributed by atoms with Crippen LogP contribution < -0.4 is 14.6 Å². The van der Waals surface area contributed by atoms with Crippen molar-refractivity contribution in [2.45, 2.75) is 38.6 Å². The van der Waals surface area contributed by atoms with Crippen molar-refractivity contribution in [3.8, 4) is 5.75 Å². The third-order valence-electron chi connectivity index (χ3n) is 4.19. The lowest BCUT2D eigenvalue weighted by Gasteiger charge is -2.17. The molecule has 0 aliphatic rings. The van der Waals surface area contributed by atoms with E-state index in [-0.39, 0.29) is 17.7 Å². The molecule has 3 aromatic rings. The number of nitrogens with one attached hydrogen (secondary N) is 1. The fraction of sp³-hybridized carbons (Fsp3) is 0.316. The lowest BCUT2D eigenvalue weighted by molar-refractivity contribution is -0.121. The van der Waals surface area contributed by atoms with Crippen LogP contribution >= 0.6 is 22.7 Å². The number of nitrogens with two attached hydrogens (primary N) is 1. The molecule has 0 unspecified atom stereocenters. The molecule has 0 spiro atoms. The predicted octanol–water partition coefficient (Wildman–Crippen LogP) is 2.78. The van der Waals surface area contributed by atoms with Gasteiger partial charge in [0.2, 0.25) is 5.91 Å². The molecule has 160 valence electrons. The van der Waals surface area contributed by atoms with E-state index < -0.39 is 10.3 Å². The first-order chi connectivity index (χ1) is 14.3. The normalized spacial score (nSPS) is 12.5. The number of carbonyl (C=O) groups excluding carboxylic acids is 1. The van der Waals surface area contributed by atoms with Gasteiger partial charge in [0.15, 0.2) is 0 Å². The predicted molar refractivity (Wildman–Crippen MR) is 117 cm³/mol. The van der Waals surface area contributed by atoms with Gasteiger partial charge in [-0.25, -0.2) is 9.97 Å². The zero-order valence-electron chi connectivity index (χ0n) is 16.3. The number of benzene rings is 1. The third-order valence-corrected chi connectivity index (χ3v) is 6.46. The highest BCUT2D eigenvalue weighted by atomic mass is 32.2. The molecular formula is C19H22N4O4S3. The summed E-state index contributed by atoms with van der Waals surface area (Å²) in [5.41, 5.74) is 1.88. The van der Waals surface area contributed by atoms with Crippen LogP contribution in [0, 0.1) is 0 Å². The molecule has 0 bridgehead atoms. The van der Waals surface area contributed by atoms with E-state index in [9.17, 15) is 13.2 Å². The van der Waals surface area contributed by atoms with E-state index >= 15 is 0 Å². The summed E-state index contributed by atoms with van der Waals surface area (Å²) < 4.78 is 26.8. The summed E-state index contributed by atoms with van der Waals surface area (Å²) in [6, 6.07) is 6.25. The Hall–Kier alpha value is -2.34. The summed E-state index contributed by atoms with van der Waals surface area (Å²) in [7, 11) is -4.07. The van der Waals surface area contributed by atoms with E-state index in [2.05, 4.69) is 19.5 Å². The maximum Gasteiger partial charge on any atom is 0.380 e. The second-order valence-corrected chi connectivity index (χ2v) is 9.52. The van der Waals surface area contributed by atoms with Crippen molar-refractivity contribution in [2.24, 2.45) is 5.14 Å². The van der Waals surface area contributed by atoms with Crippen LogP contribution in [0.4, 0.5) is 0 Å². The highest BCUT2D eigenvalue weighted by Gasteiger charge is 2.19. The third kappa shape index (κ3) is 6.87. The summed E-state index contributed by atoms with van der Waals surface area (Å²) >= 11 is 3.04. The molecule has 11 heteroatoms. The molecule has 1 amide bonds. The lowest BCUT2D eigenvalue weighted by Crippen LogP contribution is -2.30. The van der Waals surface area contributed by atoms with Crippen LogP contribution in [0.5, 0.6) is 5.75 Å². The van der Waals surface area contributed by atoms with Crippen molar-refractivity contribution in [1.82, 2.24) is 15.3 Å². The average molecular weight is 467 g/mol. The summed E-state index contributed by atoms with van der Waals surface area (Å²) in [4.78, 5) is 21.4. The quantitative estimate of drug-likeness (QED) is 0.473. The molecule has 0 aliphatic heterocycles. The fourth-order valence-corrected chi connectivity index (χ4v) is 4.71. The number of hydrogen-bond donors (Lipinski definition) is 2. The number of hydrogen-bond acceptors (Lipinski definition) is 8. The molecule has 0 aliphatic carbocycles. The van der Waals surface area contributed by atoms with Crippen LogP contribution in [0.2, 0.25) is 0 Å². The van der Waals surface area contributed by atoms with Gasteiger partial charge in [0.05, 0.1) is 16.7 Å². The van der Waals surface area contributed by atoms with Gasteiger partial charge in [-0.2, -0.15) is 13.6 Å². The number of aromatic nitrogens is 2. The number of aryl methyl sites for hydroxylation is 2. The smallest absolute Gasteiger partial charge is 0.371 e. The molecule has 3 rings (SSSR count). The summed E-state index contributed by atoms with van der Waals surface area (Å²) in [5.74, 6) is 0.0606. The zero-order valence-corrected chi connectivity index (χ0v) is 18.7. The van der Waals surface area contributed by atoms with E-state index in [4.69, 9.17) is 5.14 Å². The van der Waals surface area contributed by atoms with E-state index in [0.717, 1.165) is 27.7 Å². The van der Waals surface area contributed by atoms with Crippen molar-refractivity contribution >= 4 is 38.9 Å². The highest BCUT2D eigenvalue weighted by Crippen LogP contribution is 2.24. The van der Waals surface area contributed by atoms with Gasteiger partial charge in [-0.15, -0.1) is 22.7 Å². The molecule has 3 N–H and O–H groups in total. The van der Waals surface area contributed by atoms with Crippen LogP contribution in [-0.4, -0.2) is 24.3 Å². The first-order valence-corrected chi connectivity index (χ1v) is 12.5. The number of amides is 1. The summed E-state index contributed by atoms with van der Waals surface area (Å²) in [6.45, 7) is 2.03. The molecule has 1 aromatic carbocycles. The largest absolute Gasteiger partial charge is 0.380 e. The molecular weight excluding hydrogens is 444 g/mol. The van der Waals surface area contributed by atoms with Gasteiger partial charge in [-0.3, -0.25) is 4.79 Å². The summed E-state index contributed by atoms with van der Waals surface area (Å²) in [5, 5.41) is 13.6. The first kappa shape index (κ1) is 22.3. The Kier molecular flexibility index (Phi) is 7.53. The minimum atomic E-state index is -4.07. The average Bonchev–Trinajstić information content (AvgIpc) is 3.38. The van der Waals surface area contributed by atoms with Gasteiger partial charge in [0, 0.05) is 29.8 Å². The van der Waals surface area contributed by atoms with Crippen molar-refractivity contribution < 1.29 is 17.4 Å². The lowest BCUT2D eigenvalue weighted by atomic mass is 10.1. The van der Waals surface area contributed by atoms with E-state index in [1.165, 1.54) is 34.8 Å². The van der Waals surface area contributed by atoms with Gasteiger partial charge in [-0.1, -0.05) is 19.1 Å². The topological polar surface area (TPSA) is 124 Å². The van der Waals surface area contributed by atoms with Crippen molar-refractivity contribution in [3.05, 3.63) is 62.5 Å². The Morgan fingerprint density at radius 1 is 1.27 bits per heavy atom. The van der Waals surface area contributed by atoms with Gasteiger partial charge >= 0.3 is 10.3 Å². The Morgan fingerprint density at radius 3 is 2.63 bits per heavy atom. The molecule has 30 heavy (non-hydrogen) atoms. The van der Waals surface area contributed by atoms with Gasteiger partial charge in [0.1, 0.15) is 10.8 Å². The van der Waals surface area contributed by atoms with Crippen LogP contribution in [0.3, 0.4) is 0 Å². The SMILES string of the molecule is CCc1csc([C@H](Cc2ccc(OS(N)(=O)=O)cc2)NC(=O)CCc2nccs2)n1. The first-order valence-electron chi connectivity index (χ1n) is 9.25. The Morgan fingerprint density at radius 2 is 2.03 bits per heavy atom. The van der Waals surface area contributed by atoms with Crippen LogP contribution in [0.15, 0.2) is 41.2 Å².